The maximum absolute atomic E-state index is 6.59. The van der Waals surface area contributed by atoms with Gasteiger partial charge in [0.1, 0.15) is 16.5 Å². The Morgan fingerprint density at radius 2 is 1.40 bits per heavy atom. The van der Waals surface area contributed by atoms with E-state index in [2.05, 4.69) is 64.3 Å². The first-order chi connectivity index (χ1) is 11.4. The Bertz CT molecular complexity index is 386. The number of rotatable bonds is 7. The van der Waals surface area contributed by atoms with E-state index >= 15 is 0 Å². The number of hydrogen-bond donors (Lipinski definition) is 0. The van der Waals surface area contributed by atoms with Gasteiger partial charge in [0.2, 0.25) is 0 Å². The van der Waals surface area contributed by atoms with E-state index in [0.717, 1.165) is 6.42 Å². The van der Waals surface area contributed by atoms with Gasteiger partial charge in [0.05, 0.1) is 31.1 Å². The Labute approximate surface area is 158 Å². The smallest absolute Gasteiger partial charge is 0.376 e. The molecule has 0 aliphatic carbocycles. The Morgan fingerprint density at radius 1 is 0.960 bits per heavy atom. The molecule has 1 aliphatic heterocycles. The van der Waals surface area contributed by atoms with Crippen LogP contribution < -0.4 is 0 Å². The predicted molar refractivity (Wildman–Crippen MR) is 112 cm³/mol. The van der Waals surface area contributed by atoms with Gasteiger partial charge in [0.25, 0.3) is 0 Å². The highest BCUT2D eigenvalue weighted by atomic mass is 28.4. The summed E-state index contributed by atoms with van der Waals surface area (Å²) >= 11 is 0. The fraction of sp³-hybridized carbons (Fsp3) is 1.00. The summed E-state index contributed by atoms with van der Waals surface area (Å²) in [6, 6.07) is 0. The highest BCUT2D eigenvalue weighted by molar-refractivity contribution is 6.91. The first-order valence-corrected chi connectivity index (χ1v) is 18.4. The molecule has 1 rings (SSSR count). The van der Waals surface area contributed by atoms with Crippen LogP contribution in [0.15, 0.2) is 0 Å². The second kappa shape index (κ2) is 9.09. The third kappa shape index (κ3) is 6.24. The lowest BCUT2D eigenvalue weighted by atomic mass is 10.4. The van der Waals surface area contributed by atoms with Gasteiger partial charge in [0.15, 0.2) is 0 Å². The largest absolute Gasteiger partial charge is 0.518 e. The van der Waals surface area contributed by atoms with Crippen molar-refractivity contribution in [1.29, 1.82) is 0 Å². The van der Waals surface area contributed by atoms with Crippen LogP contribution in [0.25, 0.3) is 0 Å². The standard InChI is InChI=1S/C17H41NO4Si3/c1-11-17(18(23(5,6)7)24(8,9)10)25(20-12-2)21-15(3)13-19-14-16(4)22-25/h15-17H,11-14H2,1-10H3. The van der Waals surface area contributed by atoms with Crippen LogP contribution in [0.3, 0.4) is 0 Å². The average Bonchev–Trinajstić information content (AvgIpc) is 2.40. The molecule has 1 saturated heterocycles. The molecule has 1 fully saturated rings. The van der Waals surface area contributed by atoms with Crippen LogP contribution in [-0.2, 0) is 18.0 Å². The molecule has 0 amide bonds. The summed E-state index contributed by atoms with van der Waals surface area (Å²) < 4.78 is 28.1. The lowest BCUT2D eigenvalue weighted by molar-refractivity contribution is -0.0787. The van der Waals surface area contributed by atoms with Crippen molar-refractivity contribution < 1.29 is 18.0 Å². The summed E-state index contributed by atoms with van der Waals surface area (Å²) in [5.41, 5.74) is 0.216. The van der Waals surface area contributed by atoms with Gasteiger partial charge in [-0.3, -0.25) is 0 Å². The summed E-state index contributed by atoms with van der Waals surface area (Å²) in [5.74, 6) is 0. The third-order valence-electron chi connectivity index (χ3n) is 4.33. The maximum Gasteiger partial charge on any atom is 0.518 e. The van der Waals surface area contributed by atoms with Crippen LogP contribution in [0.1, 0.15) is 34.1 Å². The fourth-order valence-electron chi connectivity index (χ4n) is 4.11. The van der Waals surface area contributed by atoms with Gasteiger partial charge >= 0.3 is 8.80 Å². The minimum atomic E-state index is -2.89. The molecule has 0 saturated carbocycles. The van der Waals surface area contributed by atoms with E-state index < -0.39 is 25.3 Å². The lowest BCUT2D eigenvalue weighted by Gasteiger charge is -2.53. The van der Waals surface area contributed by atoms with Gasteiger partial charge in [-0.2, -0.15) is 0 Å². The van der Waals surface area contributed by atoms with Crippen molar-refractivity contribution in [2.75, 3.05) is 19.8 Å². The molecule has 0 aromatic carbocycles. The number of nitrogens with zero attached hydrogens (tertiary/aromatic N) is 1. The van der Waals surface area contributed by atoms with Gasteiger partial charge in [-0.05, 0) is 27.2 Å². The van der Waals surface area contributed by atoms with Crippen LogP contribution >= 0.6 is 0 Å². The molecular formula is C17H41NO4Si3. The van der Waals surface area contributed by atoms with Gasteiger partial charge in [-0.25, -0.2) is 0 Å². The normalized spacial score (nSPS) is 30.8. The number of ether oxygens (including phenoxy) is 1. The Hall–Kier alpha value is 0.451. The third-order valence-corrected chi connectivity index (χ3v) is 16.0. The monoisotopic (exact) mass is 407 g/mol. The molecule has 3 atom stereocenters. The fourth-order valence-corrected chi connectivity index (χ4v) is 20.8. The van der Waals surface area contributed by atoms with Gasteiger partial charge in [-0.1, -0.05) is 46.2 Å². The summed E-state index contributed by atoms with van der Waals surface area (Å²) in [4.78, 5) is 0. The zero-order chi connectivity index (χ0) is 19.5. The van der Waals surface area contributed by atoms with E-state index in [-0.39, 0.29) is 17.9 Å². The lowest BCUT2D eigenvalue weighted by Crippen LogP contribution is -2.74. The Balaban J connectivity index is 3.41. The highest BCUT2D eigenvalue weighted by Crippen LogP contribution is 2.33. The SMILES string of the molecule is CCO[Si]1(C(CC)N([Si](C)(C)C)[Si](C)(C)C)OC(C)COCC(C)O1. The second-order valence-electron chi connectivity index (χ2n) is 9.07. The van der Waals surface area contributed by atoms with Crippen molar-refractivity contribution in [2.24, 2.45) is 0 Å². The van der Waals surface area contributed by atoms with Crippen LogP contribution in [0.2, 0.25) is 39.3 Å². The average molecular weight is 408 g/mol. The molecule has 0 bridgehead atoms. The van der Waals surface area contributed by atoms with Crippen LogP contribution in [0, 0.1) is 0 Å². The molecule has 5 nitrogen and oxygen atoms in total. The molecule has 1 heterocycles. The molecule has 8 heteroatoms. The molecule has 1 aliphatic rings. The van der Waals surface area contributed by atoms with Crippen LogP contribution in [0.5, 0.6) is 0 Å². The van der Waals surface area contributed by atoms with E-state index in [0.29, 0.717) is 19.8 Å². The Morgan fingerprint density at radius 3 is 1.72 bits per heavy atom. The van der Waals surface area contributed by atoms with Crippen LogP contribution in [0.4, 0.5) is 0 Å². The van der Waals surface area contributed by atoms with Crippen molar-refractivity contribution in [3.63, 3.8) is 0 Å². The molecule has 0 aromatic heterocycles. The number of hydrogen-bond acceptors (Lipinski definition) is 5. The van der Waals surface area contributed by atoms with Crippen molar-refractivity contribution in [2.45, 2.75) is 91.3 Å². The van der Waals surface area contributed by atoms with Crippen molar-refractivity contribution in [3.05, 3.63) is 0 Å². The maximum atomic E-state index is 6.59. The first-order valence-electron chi connectivity index (χ1n) is 9.74. The molecule has 0 radical (unpaired) electrons. The molecular weight excluding hydrogens is 366 g/mol. The summed E-state index contributed by atoms with van der Waals surface area (Å²) in [6.45, 7) is 24.9. The second-order valence-corrected chi connectivity index (χ2v) is 21.8. The van der Waals surface area contributed by atoms with Crippen molar-refractivity contribution in [3.8, 4) is 0 Å². The molecule has 3 unspecified atom stereocenters. The summed E-state index contributed by atoms with van der Waals surface area (Å²) in [6.07, 6.45) is 0.968. The summed E-state index contributed by atoms with van der Waals surface area (Å²) in [5, 5.41) is 0. The van der Waals surface area contributed by atoms with Crippen molar-refractivity contribution >= 4 is 25.3 Å². The van der Waals surface area contributed by atoms with Gasteiger partial charge < -0.3 is 22.2 Å². The summed E-state index contributed by atoms with van der Waals surface area (Å²) in [7, 11) is -6.05. The molecule has 0 spiro atoms. The van der Waals surface area contributed by atoms with E-state index in [1.54, 1.807) is 0 Å². The van der Waals surface area contributed by atoms with Gasteiger partial charge in [0, 0.05) is 6.61 Å². The van der Waals surface area contributed by atoms with E-state index in [1.807, 2.05) is 6.92 Å². The molecule has 0 aromatic rings. The molecule has 25 heavy (non-hydrogen) atoms. The zero-order valence-electron chi connectivity index (χ0n) is 18.1. The highest BCUT2D eigenvalue weighted by Gasteiger charge is 2.57. The van der Waals surface area contributed by atoms with Crippen LogP contribution in [-0.4, -0.2) is 67.2 Å². The minimum absolute atomic E-state index is 0.00936. The Kier molecular flexibility index (Phi) is 8.55. The van der Waals surface area contributed by atoms with E-state index in [9.17, 15) is 0 Å². The quantitative estimate of drug-likeness (QED) is 0.594. The van der Waals surface area contributed by atoms with Gasteiger partial charge in [-0.15, -0.1) is 0 Å². The molecule has 150 valence electrons. The topological polar surface area (TPSA) is 40.2 Å². The predicted octanol–water partition coefficient (Wildman–Crippen LogP) is 4.09. The zero-order valence-corrected chi connectivity index (χ0v) is 21.1. The van der Waals surface area contributed by atoms with Crippen molar-refractivity contribution in [1.82, 2.24) is 4.23 Å². The minimum Gasteiger partial charge on any atom is -0.376 e. The van der Waals surface area contributed by atoms with E-state index in [1.165, 1.54) is 0 Å². The molecule has 0 N–H and O–H groups in total. The van der Waals surface area contributed by atoms with E-state index in [4.69, 9.17) is 18.0 Å². The first kappa shape index (κ1) is 23.5.